The summed E-state index contributed by atoms with van der Waals surface area (Å²) in [5.41, 5.74) is 0. The SMILES string of the molecule is CC(=O)N[C@H]1C([C@H](O)[C@H](O)CO)O[C@@](OCC2O[C@@H](O[C@@H]3C(CO)O[C@@H](O)[C@@H](O)C3O)[C@@H](O)C(O)[C@H]2O)(C(=O)O)C[C@H]1O. The number of carboxylic acid groups (broad SMARTS) is 1. The molecule has 3 rings (SSSR count). The number of hydrogen-bond acceptors (Lipinski definition) is 18. The Hall–Kier alpha value is -1.70. The number of carbonyl (C=O) groups excluding carboxylic acids is 1. The molecule has 16 atom stereocenters. The van der Waals surface area contributed by atoms with Crippen LogP contribution in [-0.2, 0) is 33.3 Å². The number of carbonyl (C=O) groups is 2. The van der Waals surface area contributed by atoms with Gasteiger partial charge in [0.15, 0.2) is 12.6 Å². The first-order valence-corrected chi connectivity index (χ1v) is 13.2. The number of ether oxygens (including phenoxy) is 5. The van der Waals surface area contributed by atoms with E-state index in [1.54, 1.807) is 0 Å². The molecule has 13 N–H and O–H groups in total. The normalized spacial score (nSPS) is 45.3. The molecule has 20 nitrogen and oxygen atoms in total. The van der Waals surface area contributed by atoms with Crippen LogP contribution < -0.4 is 5.32 Å². The lowest BCUT2D eigenvalue weighted by Crippen LogP contribution is -2.68. The number of rotatable bonds is 11. The van der Waals surface area contributed by atoms with Crippen molar-refractivity contribution in [2.75, 3.05) is 19.8 Å². The summed E-state index contributed by atoms with van der Waals surface area (Å²) in [5.74, 6) is -5.42. The van der Waals surface area contributed by atoms with Gasteiger partial charge in [0, 0.05) is 13.3 Å². The van der Waals surface area contributed by atoms with Gasteiger partial charge in [-0.3, -0.25) is 4.79 Å². The minimum absolute atomic E-state index is 0.719. The van der Waals surface area contributed by atoms with Crippen LogP contribution in [-0.4, -0.2) is 191 Å². The van der Waals surface area contributed by atoms with Crippen LogP contribution in [0.1, 0.15) is 13.3 Å². The first kappa shape index (κ1) is 35.8. The zero-order chi connectivity index (χ0) is 32.4. The summed E-state index contributed by atoms with van der Waals surface area (Å²) in [6.45, 7) is -1.76. The maximum atomic E-state index is 12.3. The van der Waals surface area contributed by atoms with E-state index in [9.17, 15) is 70.9 Å². The van der Waals surface area contributed by atoms with Crippen molar-refractivity contribution < 1.29 is 94.6 Å². The number of aliphatic hydroxyl groups excluding tert-OH is 11. The summed E-state index contributed by atoms with van der Waals surface area (Å²) >= 11 is 0. The fraction of sp³-hybridized carbons (Fsp3) is 0.913. The number of aliphatic hydroxyl groups is 11. The van der Waals surface area contributed by atoms with E-state index in [2.05, 4.69) is 5.32 Å². The average molecular weight is 634 g/mol. The second kappa shape index (κ2) is 14.6. The molecule has 5 unspecified atom stereocenters. The van der Waals surface area contributed by atoms with Gasteiger partial charge in [-0.25, -0.2) is 4.79 Å². The van der Waals surface area contributed by atoms with Crippen LogP contribution in [0.4, 0.5) is 0 Å². The lowest BCUT2D eigenvalue weighted by molar-refractivity contribution is -0.364. The molecule has 3 aliphatic rings. The van der Waals surface area contributed by atoms with E-state index in [4.69, 9.17) is 23.7 Å². The minimum atomic E-state index is -2.83. The predicted molar refractivity (Wildman–Crippen MR) is 130 cm³/mol. The highest BCUT2D eigenvalue weighted by atomic mass is 16.8. The molecule has 3 heterocycles. The maximum absolute atomic E-state index is 12.3. The maximum Gasteiger partial charge on any atom is 0.364 e. The first-order chi connectivity index (χ1) is 20.1. The van der Waals surface area contributed by atoms with Gasteiger partial charge in [0.05, 0.1) is 32.0 Å². The number of hydrogen-bond donors (Lipinski definition) is 13. The van der Waals surface area contributed by atoms with Crippen LogP contribution in [0, 0.1) is 0 Å². The third-order valence-corrected chi connectivity index (χ3v) is 7.47. The molecule has 0 aromatic rings. The van der Waals surface area contributed by atoms with Crippen molar-refractivity contribution in [1.29, 1.82) is 0 Å². The van der Waals surface area contributed by atoms with E-state index in [1.165, 1.54) is 0 Å². The molecule has 1 amide bonds. The summed E-state index contributed by atoms with van der Waals surface area (Å²) in [6, 6.07) is -1.48. The number of amides is 1. The summed E-state index contributed by atoms with van der Waals surface area (Å²) in [5, 5.41) is 123. The molecule has 0 aromatic carbocycles. The predicted octanol–water partition coefficient (Wildman–Crippen LogP) is -8.22. The van der Waals surface area contributed by atoms with Crippen molar-refractivity contribution >= 4 is 11.9 Å². The van der Waals surface area contributed by atoms with Crippen LogP contribution in [0.15, 0.2) is 0 Å². The molecule has 3 fully saturated rings. The van der Waals surface area contributed by atoms with Crippen LogP contribution in [0.2, 0.25) is 0 Å². The van der Waals surface area contributed by atoms with Crippen LogP contribution in [0.25, 0.3) is 0 Å². The molecule has 3 saturated heterocycles. The first-order valence-electron chi connectivity index (χ1n) is 13.2. The van der Waals surface area contributed by atoms with Crippen molar-refractivity contribution in [3.05, 3.63) is 0 Å². The topological polar surface area (TPSA) is 335 Å². The van der Waals surface area contributed by atoms with Crippen molar-refractivity contribution in [3.63, 3.8) is 0 Å². The third kappa shape index (κ3) is 7.58. The van der Waals surface area contributed by atoms with Gasteiger partial charge in [-0.1, -0.05) is 0 Å². The van der Waals surface area contributed by atoms with Gasteiger partial charge in [-0.15, -0.1) is 0 Å². The van der Waals surface area contributed by atoms with Gasteiger partial charge in [-0.2, -0.15) is 0 Å². The standard InChI is InChI=1S/C23H39NO19/c1-6(27)24-11-7(28)2-23(22(37)38,43-19(11)12(30)8(29)3-25)39-5-10-13(31)14(32)17(35)21(41-10)42-18-9(4-26)40-20(36)16(34)15(18)33/h7-21,25-26,28-36H,2-5H2,1H3,(H,24,27)(H,37,38)/t7-,8-,9?,10?,11-,12-,13+,14?,15?,16+,17+,18-,19?,20-,21+,23-/m1/s1. The Morgan fingerprint density at radius 3 is 2.14 bits per heavy atom. The summed E-state index contributed by atoms with van der Waals surface area (Å²) in [7, 11) is 0. The van der Waals surface area contributed by atoms with Gasteiger partial charge >= 0.3 is 5.97 Å². The van der Waals surface area contributed by atoms with E-state index < -0.39 is 136 Å². The van der Waals surface area contributed by atoms with Gasteiger partial charge < -0.3 is 90.3 Å². The largest absolute Gasteiger partial charge is 0.477 e. The number of aliphatic carboxylic acids is 1. The highest BCUT2D eigenvalue weighted by Gasteiger charge is 2.57. The highest BCUT2D eigenvalue weighted by Crippen LogP contribution is 2.35. The Morgan fingerprint density at radius 2 is 1.58 bits per heavy atom. The molecule has 0 bridgehead atoms. The molecule has 0 spiro atoms. The van der Waals surface area contributed by atoms with E-state index >= 15 is 0 Å². The molecule has 0 saturated carbocycles. The second-order valence-electron chi connectivity index (χ2n) is 10.5. The van der Waals surface area contributed by atoms with Gasteiger partial charge in [0.25, 0.3) is 5.79 Å². The monoisotopic (exact) mass is 633 g/mol. The average Bonchev–Trinajstić information content (AvgIpc) is 2.96. The zero-order valence-corrected chi connectivity index (χ0v) is 22.7. The smallest absolute Gasteiger partial charge is 0.364 e. The fourth-order valence-corrected chi connectivity index (χ4v) is 5.05. The van der Waals surface area contributed by atoms with Crippen LogP contribution in [0.3, 0.4) is 0 Å². The lowest BCUT2D eigenvalue weighted by Gasteiger charge is -2.48. The Kier molecular flexibility index (Phi) is 12.1. The molecular formula is C23H39NO19. The third-order valence-electron chi connectivity index (χ3n) is 7.47. The van der Waals surface area contributed by atoms with Crippen molar-refractivity contribution in [2.45, 2.75) is 111 Å². The Morgan fingerprint density at radius 1 is 0.930 bits per heavy atom. The van der Waals surface area contributed by atoms with Gasteiger partial charge in [0.1, 0.15) is 67.1 Å². The molecule has 43 heavy (non-hydrogen) atoms. The van der Waals surface area contributed by atoms with Crippen molar-refractivity contribution in [2.24, 2.45) is 0 Å². The molecule has 0 aliphatic carbocycles. The Bertz CT molecular complexity index is 942. The van der Waals surface area contributed by atoms with Crippen molar-refractivity contribution in [1.82, 2.24) is 5.32 Å². The number of carboxylic acids is 1. The van der Waals surface area contributed by atoms with E-state index in [0.717, 1.165) is 6.92 Å². The van der Waals surface area contributed by atoms with E-state index in [1.807, 2.05) is 0 Å². The zero-order valence-electron chi connectivity index (χ0n) is 22.7. The Labute approximate surface area is 243 Å². The van der Waals surface area contributed by atoms with Crippen molar-refractivity contribution in [3.8, 4) is 0 Å². The minimum Gasteiger partial charge on any atom is -0.477 e. The number of nitrogens with one attached hydrogen (secondary N) is 1. The Balaban J connectivity index is 1.82. The molecule has 0 radical (unpaired) electrons. The molecule has 20 heteroatoms. The van der Waals surface area contributed by atoms with Crippen LogP contribution >= 0.6 is 0 Å². The quantitative estimate of drug-likeness (QED) is 0.100. The summed E-state index contributed by atoms with van der Waals surface area (Å²) < 4.78 is 26.7. The molecule has 3 aliphatic heterocycles. The summed E-state index contributed by atoms with van der Waals surface area (Å²) in [6.07, 6.45) is -27.0. The molecule has 0 aromatic heterocycles. The molecular weight excluding hydrogens is 594 g/mol. The fourth-order valence-electron chi connectivity index (χ4n) is 5.05. The van der Waals surface area contributed by atoms with Gasteiger partial charge in [-0.05, 0) is 0 Å². The van der Waals surface area contributed by atoms with Crippen LogP contribution in [0.5, 0.6) is 0 Å². The van der Waals surface area contributed by atoms with Gasteiger partial charge in [0.2, 0.25) is 5.91 Å². The van der Waals surface area contributed by atoms with E-state index in [0.29, 0.717) is 0 Å². The molecule has 250 valence electrons. The highest BCUT2D eigenvalue weighted by molar-refractivity contribution is 5.76. The summed E-state index contributed by atoms with van der Waals surface area (Å²) in [4.78, 5) is 24.0. The second-order valence-corrected chi connectivity index (χ2v) is 10.5. The lowest BCUT2D eigenvalue weighted by atomic mass is 9.88. The van der Waals surface area contributed by atoms with E-state index in [-0.39, 0.29) is 0 Å².